The number of amides is 1. The maximum atomic E-state index is 12.5. The van der Waals surface area contributed by atoms with Gasteiger partial charge in [0.25, 0.3) is 0 Å². The van der Waals surface area contributed by atoms with Gasteiger partial charge in [-0.05, 0) is 19.3 Å². The molecule has 0 radical (unpaired) electrons. The Balaban J connectivity index is 2.90. The Bertz CT molecular complexity index is 356. The molecule has 6 heteroatoms. The maximum Gasteiger partial charge on any atom is 0.323 e. The minimum Gasteiger partial charge on any atom is -0.480 e. The molecule has 0 spiro atoms. The Morgan fingerprint density at radius 1 is 1.47 bits per heavy atom. The van der Waals surface area contributed by atoms with Crippen molar-refractivity contribution >= 4 is 36.1 Å². The first-order valence-electron chi connectivity index (χ1n) is 6.53. The SMILES string of the molecule is CC(C(=O)N(CC(=O)O)C1CCCC1Cl)C(C)(C)S. The van der Waals surface area contributed by atoms with Crippen molar-refractivity contribution in [2.75, 3.05) is 6.54 Å². The summed E-state index contributed by atoms with van der Waals surface area (Å²) in [5.74, 6) is -1.55. The number of hydrogen-bond acceptors (Lipinski definition) is 3. The third-order valence-corrected chi connectivity index (χ3v) is 4.71. The van der Waals surface area contributed by atoms with Gasteiger partial charge >= 0.3 is 5.97 Å². The van der Waals surface area contributed by atoms with Gasteiger partial charge in [-0.2, -0.15) is 12.6 Å². The van der Waals surface area contributed by atoms with Crippen LogP contribution in [0.25, 0.3) is 0 Å². The predicted molar refractivity (Wildman–Crippen MR) is 78.9 cm³/mol. The van der Waals surface area contributed by atoms with Crippen molar-refractivity contribution in [1.82, 2.24) is 4.90 Å². The van der Waals surface area contributed by atoms with Gasteiger partial charge < -0.3 is 10.0 Å². The number of nitrogens with zero attached hydrogens (tertiary/aromatic N) is 1. The van der Waals surface area contributed by atoms with E-state index in [-0.39, 0.29) is 29.8 Å². The number of carbonyl (C=O) groups is 2. The summed E-state index contributed by atoms with van der Waals surface area (Å²) >= 11 is 10.6. The minimum absolute atomic E-state index is 0.154. The first kappa shape index (κ1) is 16.6. The van der Waals surface area contributed by atoms with E-state index in [0.29, 0.717) is 0 Å². The summed E-state index contributed by atoms with van der Waals surface area (Å²) in [6.45, 7) is 5.19. The van der Waals surface area contributed by atoms with Crippen LogP contribution in [-0.4, -0.2) is 44.6 Å². The van der Waals surface area contributed by atoms with Gasteiger partial charge in [0.2, 0.25) is 5.91 Å². The number of alkyl halides is 1. The van der Waals surface area contributed by atoms with Crippen molar-refractivity contribution in [3.63, 3.8) is 0 Å². The van der Waals surface area contributed by atoms with E-state index in [1.807, 2.05) is 13.8 Å². The molecule has 0 heterocycles. The fourth-order valence-corrected chi connectivity index (χ4v) is 2.83. The molecule has 0 aromatic heterocycles. The fourth-order valence-electron chi connectivity index (χ4n) is 2.30. The van der Waals surface area contributed by atoms with Gasteiger partial charge in [-0.25, -0.2) is 0 Å². The van der Waals surface area contributed by atoms with Crippen molar-refractivity contribution in [3.8, 4) is 0 Å². The summed E-state index contributed by atoms with van der Waals surface area (Å²) in [5.41, 5.74) is 0. The third kappa shape index (κ3) is 4.28. The van der Waals surface area contributed by atoms with Crippen LogP contribution in [-0.2, 0) is 9.59 Å². The molecular formula is C13H22ClNO3S. The summed E-state index contributed by atoms with van der Waals surface area (Å²) in [7, 11) is 0. The molecule has 3 unspecified atom stereocenters. The number of carbonyl (C=O) groups excluding carboxylic acids is 1. The monoisotopic (exact) mass is 307 g/mol. The van der Waals surface area contributed by atoms with Gasteiger partial charge in [-0.1, -0.05) is 20.8 Å². The van der Waals surface area contributed by atoms with Crippen molar-refractivity contribution in [3.05, 3.63) is 0 Å². The van der Waals surface area contributed by atoms with Gasteiger partial charge in [0, 0.05) is 16.7 Å². The average molecular weight is 308 g/mol. The molecule has 0 saturated heterocycles. The zero-order chi connectivity index (χ0) is 14.8. The smallest absolute Gasteiger partial charge is 0.323 e. The van der Waals surface area contributed by atoms with Gasteiger partial charge in [-0.15, -0.1) is 11.6 Å². The molecule has 1 aliphatic carbocycles. The summed E-state index contributed by atoms with van der Waals surface area (Å²) in [6.07, 6.45) is 2.53. The second-order valence-corrected chi connectivity index (χ2v) is 7.46. The van der Waals surface area contributed by atoms with Gasteiger partial charge in [0.15, 0.2) is 0 Å². The number of aliphatic carboxylic acids is 1. The lowest BCUT2D eigenvalue weighted by molar-refractivity contribution is -0.148. The minimum atomic E-state index is -1.01. The van der Waals surface area contributed by atoms with E-state index < -0.39 is 10.7 Å². The third-order valence-electron chi connectivity index (χ3n) is 3.82. The van der Waals surface area contributed by atoms with Crippen molar-refractivity contribution in [1.29, 1.82) is 0 Å². The van der Waals surface area contributed by atoms with Crippen LogP contribution in [0.4, 0.5) is 0 Å². The van der Waals surface area contributed by atoms with E-state index in [4.69, 9.17) is 16.7 Å². The molecular weight excluding hydrogens is 286 g/mol. The van der Waals surface area contributed by atoms with Crippen LogP contribution in [0.3, 0.4) is 0 Å². The van der Waals surface area contributed by atoms with Crippen LogP contribution in [0.15, 0.2) is 0 Å². The maximum absolute atomic E-state index is 12.5. The highest BCUT2D eigenvalue weighted by Crippen LogP contribution is 2.32. The number of halogens is 1. The lowest BCUT2D eigenvalue weighted by Gasteiger charge is -2.35. The fraction of sp³-hybridized carbons (Fsp3) is 0.846. The number of hydrogen-bond donors (Lipinski definition) is 2. The molecule has 0 bridgehead atoms. The van der Waals surface area contributed by atoms with Crippen LogP contribution in [0, 0.1) is 5.92 Å². The predicted octanol–water partition coefficient (Wildman–Crippen LogP) is 2.40. The van der Waals surface area contributed by atoms with E-state index in [1.54, 1.807) is 6.92 Å². The zero-order valence-corrected chi connectivity index (χ0v) is 13.2. The van der Waals surface area contributed by atoms with Crippen LogP contribution in [0.1, 0.15) is 40.0 Å². The van der Waals surface area contributed by atoms with Gasteiger partial charge in [0.05, 0.1) is 5.38 Å². The highest BCUT2D eigenvalue weighted by atomic mass is 35.5. The number of carboxylic acids is 1. The molecule has 1 N–H and O–H groups in total. The van der Waals surface area contributed by atoms with E-state index in [1.165, 1.54) is 4.90 Å². The standard InChI is InChI=1S/C13H22ClNO3S/c1-8(13(2,3)19)12(18)15(7-11(16)17)10-6-4-5-9(10)14/h8-10,19H,4-7H2,1-3H3,(H,16,17). The number of rotatable bonds is 5. The molecule has 4 nitrogen and oxygen atoms in total. The Morgan fingerprint density at radius 3 is 2.42 bits per heavy atom. The summed E-state index contributed by atoms with van der Waals surface area (Å²) in [4.78, 5) is 24.9. The van der Waals surface area contributed by atoms with E-state index in [9.17, 15) is 9.59 Å². The first-order chi connectivity index (χ1) is 8.64. The second kappa shape index (κ2) is 6.35. The van der Waals surface area contributed by atoms with E-state index in [0.717, 1.165) is 19.3 Å². The first-order valence-corrected chi connectivity index (χ1v) is 7.41. The van der Waals surface area contributed by atoms with Gasteiger partial charge in [-0.3, -0.25) is 9.59 Å². The molecule has 3 atom stereocenters. The summed E-state index contributed by atoms with van der Waals surface area (Å²) in [5, 5.41) is 8.85. The van der Waals surface area contributed by atoms with Crippen molar-refractivity contribution < 1.29 is 14.7 Å². The Kier molecular flexibility index (Phi) is 5.56. The molecule has 1 saturated carbocycles. The molecule has 0 aromatic rings. The Morgan fingerprint density at radius 2 is 2.05 bits per heavy atom. The average Bonchev–Trinajstić information content (AvgIpc) is 2.68. The molecule has 1 aliphatic rings. The lowest BCUT2D eigenvalue weighted by atomic mass is 9.94. The van der Waals surface area contributed by atoms with Crippen LogP contribution < -0.4 is 0 Å². The lowest BCUT2D eigenvalue weighted by Crippen LogP contribution is -2.50. The van der Waals surface area contributed by atoms with Crippen LogP contribution in [0.2, 0.25) is 0 Å². The van der Waals surface area contributed by atoms with Gasteiger partial charge in [0.1, 0.15) is 6.54 Å². The van der Waals surface area contributed by atoms with Crippen molar-refractivity contribution in [2.45, 2.75) is 56.2 Å². The molecule has 1 amide bonds. The number of carboxylic acid groups (broad SMARTS) is 1. The molecule has 110 valence electrons. The summed E-state index contributed by atoms with van der Waals surface area (Å²) in [6, 6.07) is -0.177. The van der Waals surface area contributed by atoms with E-state index in [2.05, 4.69) is 12.6 Å². The van der Waals surface area contributed by atoms with E-state index >= 15 is 0 Å². The molecule has 1 rings (SSSR count). The van der Waals surface area contributed by atoms with Crippen LogP contribution in [0.5, 0.6) is 0 Å². The Hall–Kier alpha value is -0.420. The second-order valence-electron chi connectivity index (χ2n) is 5.75. The largest absolute Gasteiger partial charge is 0.480 e. The molecule has 0 aliphatic heterocycles. The molecule has 0 aromatic carbocycles. The quantitative estimate of drug-likeness (QED) is 0.606. The number of thiol groups is 1. The zero-order valence-electron chi connectivity index (χ0n) is 11.6. The molecule has 19 heavy (non-hydrogen) atoms. The normalized spacial score (nSPS) is 25.1. The topological polar surface area (TPSA) is 57.6 Å². The highest BCUT2D eigenvalue weighted by Gasteiger charge is 2.39. The summed E-state index contributed by atoms with van der Waals surface area (Å²) < 4.78 is -0.492. The highest BCUT2D eigenvalue weighted by molar-refractivity contribution is 7.81. The van der Waals surface area contributed by atoms with Crippen molar-refractivity contribution in [2.24, 2.45) is 5.92 Å². The molecule has 1 fully saturated rings. The Labute approximate surface area is 124 Å². The van der Waals surface area contributed by atoms with Crippen LogP contribution >= 0.6 is 24.2 Å².